The Hall–Kier alpha value is 0.700. The second-order valence-corrected chi connectivity index (χ2v) is 9.25. The van der Waals surface area contributed by atoms with Crippen LogP contribution in [0.25, 0.3) is 0 Å². The summed E-state index contributed by atoms with van der Waals surface area (Å²) in [6, 6.07) is 0. The number of rotatable bonds is 2. The van der Waals surface area contributed by atoms with Gasteiger partial charge in [0.15, 0.2) is 0 Å². The van der Waals surface area contributed by atoms with E-state index in [2.05, 4.69) is 0 Å². The van der Waals surface area contributed by atoms with Gasteiger partial charge in [-0.1, -0.05) is 13.8 Å². The van der Waals surface area contributed by atoms with Crippen LogP contribution in [0.15, 0.2) is 0 Å². The first-order chi connectivity index (χ1) is 4.02. The van der Waals surface area contributed by atoms with E-state index >= 15 is 0 Å². The van der Waals surface area contributed by atoms with Gasteiger partial charge in [-0.3, -0.25) is 0 Å². The third-order valence-corrected chi connectivity index (χ3v) is 7.95. The molecule has 0 spiro atoms. The molecule has 58 valence electrons. The highest BCUT2D eigenvalue weighted by atomic mass is 32.5. The lowest BCUT2D eigenvalue weighted by molar-refractivity contribution is 0.486. The van der Waals surface area contributed by atoms with Crippen LogP contribution in [0.3, 0.4) is 0 Å². The molecule has 0 aliphatic rings. The monoisotopic (exact) mass is 170 g/mol. The Morgan fingerprint density at radius 1 is 1.22 bits per heavy atom. The van der Waals surface area contributed by atoms with E-state index in [0.29, 0.717) is 0 Å². The van der Waals surface area contributed by atoms with Crippen molar-refractivity contribution in [3.05, 3.63) is 0 Å². The summed E-state index contributed by atoms with van der Waals surface area (Å²) in [7, 11) is -0.133. The smallest absolute Gasteiger partial charge is 0.140 e. The number of hydrogen-bond acceptors (Lipinski definition) is 0. The Bertz CT molecular complexity index is 124. The molecule has 2 N–H and O–H groups in total. The fourth-order valence-electron chi connectivity index (χ4n) is 0.693. The first-order valence-corrected chi connectivity index (χ1v) is 7.33. The molecule has 0 rings (SSSR count). The highest BCUT2D eigenvalue weighted by molar-refractivity contribution is 8.29. The molecule has 0 bridgehead atoms. The fraction of sp³-hybridized carbons (Fsp3) is 1.00. The predicted octanol–water partition coefficient (Wildman–Crippen LogP) is 1.02. The molecule has 0 unspecified atom stereocenters. The molecule has 0 saturated carbocycles. The summed E-state index contributed by atoms with van der Waals surface area (Å²) < 4.78 is 0. The molecule has 4 heteroatoms. The fourth-order valence-corrected chi connectivity index (χ4v) is 5.01. The number of hydrogen-bond donors (Lipinski definition) is 2. The zero-order valence-corrected chi connectivity index (χ0v) is 7.88. The van der Waals surface area contributed by atoms with Crippen molar-refractivity contribution in [1.82, 2.24) is 0 Å². The summed E-state index contributed by atoms with van der Waals surface area (Å²) in [6.45, 7) is 3.06. The molecule has 9 heavy (non-hydrogen) atoms. The topological polar surface area (TPSA) is 40.5 Å². The van der Waals surface area contributed by atoms with Crippen LogP contribution in [-0.2, 0) is 10.1 Å². The van der Waals surface area contributed by atoms with Gasteiger partial charge in [0.05, 0.1) is 0 Å². The summed E-state index contributed by atoms with van der Waals surface area (Å²) in [6.07, 6.45) is 0. The Balaban J connectivity index is 4.40. The Labute approximate surface area is 59.0 Å². The Morgan fingerprint density at radius 3 is 1.56 bits per heavy atom. The maximum atomic E-state index is 9.16. The molecule has 0 atom stereocenters. The predicted molar refractivity (Wildman–Crippen MR) is 45.7 cm³/mol. The second kappa shape index (κ2) is 3.77. The van der Waals surface area contributed by atoms with E-state index in [-0.39, 0.29) is 10.1 Å². The minimum atomic E-state index is -2.50. The molecular weight excluding hydrogens is 155 g/mol. The van der Waals surface area contributed by atoms with Gasteiger partial charge in [-0.2, -0.15) is 0 Å². The Kier molecular flexibility index (Phi) is 4.06. The molecule has 0 saturated heterocycles. The minimum absolute atomic E-state index is 0.133. The second-order valence-electron chi connectivity index (χ2n) is 1.87. The van der Waals surface area contributed by atoms with Crippen molar-refractivity contribution in [3.8, 4) is 0 Å². The van der Waals surface area contributed by atoms with Crippen molar-refractivity contribution in [3.63, 3.8) is 0 Å². The van der Waals surface area contributed by atoms with Crippen LogP contribution in [0.4, 0.5) is 0 Å². The summed E-state index contributed by atoms with van der Waals surface area (Å²) in [5, 5.41) is 0. The summed E-state index contributed by atoms with van der Waals surface area (Å²) in [5.74, 6) is 1.79. The van der Waals surface area contributed by atoms with Gasteiger partial charge < -0.3 is 9.79 Å². The minimum Gasteiger partial charge on any atom is -0.349 e. The van der Waals surface area contributed by atoms with E-state index in [1.54, 1.807) is 6.66 Å². The van der Waals surface area contributed by atoms with Crippen molar-refractivity contribution >= 4 is 16.6 Å². The van der Waals surface area contributed by atoms with E-state index in [4.69, 9.17) is 9.79 Å². The quantitative estimate of drug-likeness (QED) is 0.607. The van der Waals surface area contributed by atoms with Crippen LogP contribution in [0.1, 0.15) is 13.8 Å². The van der Waals surface area contributed by atoms with Crippen molar-refractivity contribution in [1.29, 1.82) is 0 Å². The van der Waals surface area contributed by atoms with Gasteiger partial charge in [0.2, 0.25) is 0 Å². The molecule has 0 aliphatic heterocycles. The van der Waals surface area contributed by atoms with Gasteiger partial charge in [-0.25, -0.2) is 0 Å². The molecule has 0 aliphatic carbocycles. The van der Waals surface area contributed by atoms with E-state index in [1.807, 2.05) is 13.8 Å². The highest BCUT2D eigenvalue weighted by Gasteiger charge is 2.04. The zero-order valence-electron chi connectivity index (χ0n) is 6.16. The van der Waals surface area contributed by atoms with E-state index in [1.165, 1.54) is 0 Å². The van der Waals surface area contributed by atoms with Gasteiger partial charge in [0.1, 0.15) is 6.49 Å². The molecule has 0 heterocycles. The highest BCUT2D eigenvalue weighted by Crippen LogP contribution is 2.36. The molecule has 0 aromatic heterocycles. The first kappa shape index (κ1) is 9.70. The van der Waals surface area contributed by atoms with Gasteiger partial charge >= 0.3 is 0 Å². The summed E-state index contributed by atoms with van der Waals surface area (Å²) in [4.78, 5) is 18.3. The van der Waals surface area contributed by atoms with Crippen LogP contribution in [0.5, 0.6) is 0 Å². The molecule has 0 aromatic rings. The average molecular weight is 170 g/mol. The zero-order chi connectivity index (χ0) is 7.49. The van der Waals surface area contributed by atoms with Crippen LogP contribution in [0, 0.1) is 0 Å². The van der Waals surface area contributed by atoms with Gasteiger partial charge in [0, 0.05) is 6.66 Å². The van der Waals surface area contributed by atoms with Crippen molar-refractivity contribution < 1.29 is 9.79 Å². The lowest BCUT2D eigenvalue weighted by Crippen LogP contribution is -1.98. The van der Waals surface area contributed by atoms with Crippen LogP contribution in [0.2, 0.25) is 0 Å². The molecular formula is C5H15O2PS. The van der Waals surface area contributed by atoms with E-state index in [0.717, 1.165) is 11.5 Å². The summed E-state index contributed by atoms with van der Waals surface area (Å²) in [5.41, 5.74) is 0. The van der Waals surface area contributed by atoms with Crippen molar-refractivity contribution in [2.24, 2.45) is 0 Å². The molecule has 0 fully saturated rings. The van der Waals surface area contributed by atoms with Crippen molar-refractivity contribution in [2.45, 2.75) is 13.8 Å². The normalized spacial score (nSPS) is 12.7. The molecule has 2 nitrogen and oxygen atoms in total. The standard InChI is InChI=1S/C5H15O2PS/c1-4-9(5-2)8(3,6)7/h6-7H,4-5H2,1-3H3. The lowest BCUT2D eigenvalue weighted by atomic mass is 11.0. The maximum absolute atomic E-state index is 9.16. The molecule has 0 amide bonds. The average Bonchev–Trinajstić information content (AvgIpc) is 1.65. The molecule has 0 radical (unpaired) electrons. The largest absolute Gasteiger partial charge is 0.349 e. The van der Waals surface area contributed by atoms with Crippen LogP contribution in [-0.4, -0.2) is 28.0 Å². The molecule has 0 aromatic carbocycles. The lowest BCUT2D eigenvalue weighted by Gasteiger charge is -2.12. The van der Waals surface area contributed by atoms with E-state index < -0.39 is 6.49 Å². The maximum Gasteiger partial charge on any atom is 0.140 e. The third-order valence-electron chi connectivity index (χ3n) is 1.16. The van der Waals surface area contributed by atoms with Crippen molar-refractivity contribution in [2.75, 3.05) is 18.2 Å². The van der Waals surface area contributed by atoms with Gasteiger partial charge in [0.25, 0.3) is 0 Å². The van der Waals surface area contributed by atoms with Crippen LogP contribution < -0.4 is 0 Å². The SMILES string of the molecule is CCS(CC)=P(C)(O)O. The summed E-state index contributed by atoms with van der Waals surface area (Å²) >= 11 is 0. The van der Waals surface area contributed by atoms with E-state index in [9.17, 15) is 0 Å². The van der Waals surface area contributed by atoms with Crippen LogP contribution >= 0.6 is 6.49 Å². The third kappa shape index (κ3) is 3.41. The Morgan fingerprint density at radius 2 is 1.56 bits per heavy atom. The first-order valence-electron chi connectivity index (χ1n) is 3.02. The van der Waals surface area contributed by atoms with Gasteiger partial charge in [-0.05, 0) is 11.5 Å². The van der Waals surface area contributed by atoms with Gasteiger partial charge in [-0.15, -0.1) is 10.1 Å².